The van der Waals surface area contributed by atoms with Gasteiger partial charge in [0.25, 0.3) is 0 Å². The lowest BCUT2D eigenvalue weighted by molar-refractivity contribution is 0.209. The van der Waals surface area contributed by atoms with E-state index in [1.54, 1.807) is 6.20 Å². The molecule has 118 valence electrons. The number of pyridine rings is 1. The predicted molar refractivity (Wildman–Crippen MR) is 87.2 cm³/mol. The Balaban J connectivity index is 1.75. The Bertz CT molecular complexity index is 873. The largest absolute Gasteiger partial charge is 0.346 e. The molecule has 0 bridgehead atoms. The second-order valence-corrected chi connectivity index (χ2v) is 5.83. The molecule has 7 heteroatoms. The summed E-state index contributed by atoms with van der Waals surface area (Å²) in [5.74, 6) is 0.203. The number of nitrogens with zero attached hydrogens (tertiary/aromatic N) is 4. The third-order valence-corrected chi connectivity index (χ3v) is 4.42. The van der Waals surface area contributed by atoms with Crippen LogP contribution in [0.4, 0.5) is 4.79 Å². The fourth-order valence-corrected chi connectivity index (χ4v) is 3.33. The summed E-state index contributed by atoms with van der Waals surface area (Å²) >= 11 is 0. The molecule has 1 saturated heterocycles. The van der Waals surface area contributed by atoms with E-state index in [-0.39, 0.29) is 11.9 Å². The molecule has 1 aliphatic rings. The molecular formula is C16H18N6O. The number of nitrogens with one attached hydrogen (secondary N) is 2. The van der Waals surface area contributed by atoms with Gasteiger partial charge in [0.2, 0.25) is 0 Å². The second-order valence-electron chi connectivity index (χ2n) is 5.83. The Morgan fingerprint density at radius 1 is 1.48 bits per heavy atom. The molecule has 0 aliphatic carbocycles. The summed E-state index contributed by atoms with van der Waals surface area (Å²) in [4.78, 5) is 21.4. The summed E-state index contributed by atoms with van der Waals surface area (Å²) in [6.45, 7) is 3.99. The minimum Gasteiger partial charge on any atom is -0.346 e. The maximum Gasteiger partial charge on any atom is 0.317 e. The van der Waals surface area contributed by atoms with E-state index in [0.29, 0.717) is 13.1 Å². The van der Waals surface area contributed by atoms with Crippen LogP contribution < -0.4 is 5.32 Å². The first-order valence-electron chi connectivity index (χ1n) is 7.88. The molecule has 0 saturated carbocycles. The van der Waals surface area contributed by atoms with E-state index in [9.17, 15) is 4.79 Å². The van der Waals surface area contributed by atoms with Crippen molar-refractivity contribution in [3.05, 3.63) is 30.4 Å². The standard InChI is InChI=1S/C16H18N6O/c1-2-17-16(23)22-6-4-10(9-22)14-13-11(8-20-21-14)7-19-15-12(13)3-5-18-15/h3,5,7-8,10H,2,4,6,9H2,1H3,(H,17,23)(H,18,19). The number of carbonyl (C=O) groups excluding carboxylic acids is 1. The summed E-state index contributed by atoms with van der Waals surface area (Å²) < 4.78 is 0. The fourth-order valence-electron chi connectivity index (χ4n) is 3.33. The van der Waals surface area contributed by atoms with Crippen molar-refractivity contribution in [3.8, 4) is 0 Å². The first-order chi connectivity index (χ1) is 11.3. The summed E-state index contributed by atoms with van der Waals surface area (Å²) in [5.41, 5.74) is 1.81. The Kier molecular flexibility index (Phi) is 3.33. The summed E-state index contributed by atoms with van der Waals surface area (Å²) in [6, 6.07) is 2.02. The van der Waals surface area contributed by atoms with Crippen LogP contribution in [0.2, 0.25) is 0 Å². The van der Waals surface area contributed by atoms with Crippen LogP contribution in [-0.2, 0) is 0 Å². The SMILES string of the molecule is CCNC(=O)N1CCC(c2nncc3cnc4[nH]ccc4c23)C1. The first-order valence-corrected chi connectivity index (χ1v) is 7.88. The number of urea groups is 1. The number of rotatable bonds is 2. The Morgan fingerprint density at radius 3 is 3.26 bits per heavy atom. The number of fused-ring (bicyclic) bond motifs is 3. The molecule has 4 heterocycles. The van der Waals surface area contributed by atoms with Crippen molar-refractivity contribution in [2.75, 3.05) is 19.6 Å². The molecule has 2 N–H and O–H groups in total. The molecule has 1 aliphatic heterocycles. The van der Waals surface area contributed by atoms with Crippen molar-refractivity contribution in [1.82, 2.24) is 30.4 Å². The van der Waals surface area contributed by atoms with E-state index in [0.717, 1.165) is 40.5 Å². The van der Waals surface area contributed by atoms with Crippen molar-refractivity contribution in [2.45, 2.75) is 19.3 Å². The first kappa shape index (κ1) is 13.9. The van der Waals surface area contributed by atoms with E-state index >= 15 is 0 Å². The highest BCUT2D eigenvalue weighted by Crippen LogP contribution is 2.33. The van der Waals surface area contributed by atoms with Crippen molar-refractivity contribution >= 4 is 27.8 Å². The number of hydrogen-bond acceptors (Lipinski definition) is 4. The van der Waals surface area contributed by atoms with Crippen molar-refractivity contribution in [2.24, 2.45) is 0 Å². The van der Waals surface area contributed by atoms with Gasteiger partial charge in [0.15, 0.2) is 0 Å². The van der Waals surface area contributed by atoms with Crippen molar-refractivity contribution in [3.63, 3.8) is 0 Å². The Morgan fingerprint density at radius 2 is 2.39 bits per heavy atom. The van der Waals surface area contributed by atoms with Crippen LogP contribution in [0.25, 0.3) is 21.8 Å². The Labute approximate surface area is 133 Å². The monoisotopic (exact) mass is 310 g/mol. The van der Waals surface area contributed by atoms with Crippen LogP contribution in [-0.4, -0.2) is 50.7 Å². The molecule has 2 amide bonds. The molecule has 3 aromatic rings. The van der Waals surface area contributed by atoms with Crippen LogP contribution in [0, 0.1) is 0 Å². The molecular weight excluding hydrogens is 292 g/mol. The van der Waals surface area contributed by atoms with Gasteiger partial charge in [-0.3, -0.25) is 0 Å². The van der Waals surface area contributed by atoms with Gasteiger partial charge in [-0.05, 0) is 19.4 Å². The molecule has 1 fully saturated rings. The average molecular weight is 310 g/mol. The van der Waals surface area contributed by atoms with E-state index in [2.05, 4.69) is 25.5 Å². The Hall–Kier alpha value is -2.70. The second kappa shape index (κ2) is 5.49. The number of carbonyl (C=O) groups is 1. The molecule has 4 rings (SSSR count). The maximum absolute atomic E-state index is 12.0. The number of H-pyrrole nitrogens is 1. The number of amides is 2. The molecule has 3 aromatic heterocycles. The minimum absolute atomic E-state index is 0.00310. The molecule has 23 heavy (non-hydrogen) atoms. The zero-order chi connectivity index (χ0) is 15.8. The van der Waals surface area contributed by atoms with E-state index in [4.69, 9.17) is 0 Å². The number of aromatic nitrogens is 4. The van der Waals surface area contributed by atoms with Crippen LogP contribution >= 0.6 is 0 Å². The highest BCUT2D eigenvalue weighted by Gasteiger charge is 2.30. The topological polar surface area (TPSA) is 86.8 Å². The lowest BCUT2D eigenvalue weighted by Crippen LogP contribution is -2.38. The maximum atomic E-state index is 12.0. The van der Waals surface area contributed by atoms with E-state index < -0.39 is 0 Å². The van der Waals surface area contributed by atoms with Gasteiger partial charge in [0.05, 0.1) is 11.9 Å². The van der Waals surface area contributed by atoms with Crippen LogP contribution in [0.3, 0.4) is 0 Å². The van der Waals surface area contributed by atoms with Gasteiger partial charge in [-0.2, -0.15) is 10.2 Å². The summed E-state index contributed by atoms with van der Waals surface area (Å²) in [7, 11) is 0. The lowest BCUT2D eigenvalue weighted by Gasteiger charge is -2.17. The third kappa shape index (κ3) is 2.28. The smallest absolute Gasteiger partial charge is 0.317 e. The number of aromatic amines is 1. The zero-order valence-electron chi connectivity index (χ0n) is 12.9. The molecule has 0 aromatic carbocycles. The van der Waals surface area contributed by atoms with Gasteiger partial charge >= 0.3 is 6.03 Å². The minimum atomic E-state index is -0.00310. The third-order valence-electron chi connectivity index (χ3n) is 4.42. The van der Waals surface area contributed by atoms with Crippen LogP contribution in [0.1, 0.15) is 25.0 Å². The average Bonchev–Trinajstić information content (AvgIpc) is 3.23. The number of hydrogen-bond donors (Lipinski definition) is 2. The van der Waals surface area contributed by atoms with E-state index in [1.807, 2.05) is 30.3 Å². The highest BCUT2D eigenvalue weighted by molar-refractivity contribution is 6.05. The zero-order valence-corrected chi connectivity index (χ0v) is 12.9. The molecule has 0 radical (unpaired) electrons. The molecule has 7 nitrogen and oxygen atoms in total. The lowest BCUT2D eigenvalue weighted by atomic mass is 9.98. The van der Waals surface area contributed by atoms with Gasteiger partial charge in [-0.25, -0.2) is 9.78 Å². The van der Waals surface area contributed by atoms with Gasteiger partial charge < -0.3 is 15.2 Å². The predicted octanol–water partition coefficient (Wildman–Crippen LogP) is 2.02. The van der Waals surface area contributed by atoms with Crippen molar-refractivity contribution < 1.29 is 4.79 Å². The molecule has 1 unspecified atom stereocenters. The summed E-state index contributed by atoms with van der Waals surface area (Å²) in [6.07, 6.45) is 6.35. The van der Waals surface area contributed by atoms with E-state index in [1.165, 1.54) is 0 Å². The highest BCUT2D eigenvalue weighted by atomic mass is 16.2. The summed E-state index contributed by atoms with van der Waals surface area (Å²) in [5, 5.41) is 14.5. The van der Waals surface area contributed by atoms with Gasteiger partial charge in [0, 0.05) is 54.1 Å². The number of likely N-dealkylation sites (tertiary alicyclic amines) is 1. The van der Waals surface area contributed by atoms with Gasteiger partial charge in [-0.1, -0.05) is 0 Å². The quantitative estimate of drug-likeness (QED) is 0.758. The van der Waals surface area contributed by atoms with Crippen LogP contribution in [0.5, 0.6) is 0 Å². The molecule has 1 atom stereocenters. The van der Waals surface area contributed by atoms with Crippen LogP contribution in [0.15, 0.2) is 24.7 Å². The molecule has 0 spiro atoms. The normalized spacial score (nSPS) is 18.0. The fraction of sp³-hybridized carbons (Fsp3) is 0.375. The van der Waals surface area contributed by atoms with Crippen molar-refractivity contribution in [1.29, 1.82) is 0 Å². The van der Waals surface area contributed by atoms with Gasteiger partial charge in [0.1, 0.15) is 5.65 Å². The van der Waals surface area contributed by atoms with Gasteiger partial charge in [-0.15, -0.1) is 0 Å².